The van der Waals surface area contributed by atoms with Crippen molar-refractivity contribution in [3.05, 3.63) is 78.4 Å². The van der Waals surface area contributed by atoms with Crippen LogP contribution in [0.1, 0.15) is 32.2 Å². The highest BCUT2D eigenvalue weighted by molar-refractivity contribution is 6.99. The Morgan fingerprint density at radius 3 is 1.91 bits per heavy atom. The van der Waals surface area contributed by atoms with Crippen LogP contribution in [0.2, 0.25) is 30.7 Å². The van der Waals surface area contributed by atoms with Crippen LogP contribution in [-0.2, 0) is 22.5 Å². The zero-order valence-corrected chi connectivity index (χ0v) is 23.4. The van der Waals surface area contributed by atoms with E-state index in [0.29, 0.717) is 13.3 Å². The van der Waals surface area contributed by atoms with Gasteiger partial charge in [-0.3, -0.25) is 0 Å². The molecule has 0 atom stereocenters. The van der Waals surface area contributed by atoms with Gasteiger partial charge in [-0.25, -0.2) is 4.98 Å². The molecular weight excluding hydrogens is 440 g/mol. The standard InChI is InChI=1S/C27H40N2O2Si2/c1-23-26(28-21-29(23)22-30-18-19-32(5,6)7)20-31-33(27(2,3)4,24-14-10-8-11-15-24)25-16-12-9-13-17-25/h8-17,21H,18-20,22H2,1-7H3. The van der Waals surface area contributed by atoms with Crippen LogP contribution >= 0.6 is 0 Å². The van der Waals surface area contributed by atoms with Gasteiger partial charge in [-0.1, -0.05) is 101 Å². The second kappa shape index (κ2) is 10.5. The van der Waals surface area contributed by atoms with E-state index >= 15 is 0 Å². The van der Waals surface area contributed by atoms with Crippen molar-refractivity contribution in [1.82, 2.24) is 9.55 Å². The van der Waals surface area contributed by atoms with Crippen LogP contribution in [0.15, 0.2) is 67.0 Å². The van der Waals surface area contributed by atoms with Gasteiger partial charge in [0.2, 0.25) is 0 Å². The first-order valence-electron chi connectivity index (χ1n) is 11.9. The fourth-order valence-electron chi connectivity index (χ4n) is 4.24. The minimum Gasteiger partial charge on any atom is -0.401 e. The van der Waals surface area contributed by atoms with Gasteiger partial charge in [0.1, 0.15) is 6.73 Å². The third kappa shape index (κ3) is 6.12. The second-order valence-corrected chi connectivity index (χ2v) is 21.0. The molecule has 0 amide bonds. The van der Waals surface area contributed by atoms with Gasteiger partial charge < -0.3 is 13.7 Å². The lowest BCUT2D eigenvalue weighted by atomic mass is 10.2. The number of rotatable bonds is 10. The minimum absolute atomic E-state index is 0.0495. The first-order chi connectivity index (χ1) is 15.5. The number of benzene rings is 2. The molecule has 0 fully saturated rings. The normalized spacial score (nSPS) is 12.8. The molecule has 0 aliphatic carbocycles. The summed E-state index contributed by atoms with van der Waals surface area (Å²) >= 11 is 0. The third-order valence-electron chi connectivity index (χ3n) is 6.27. The monoisotopic (exact) mass is 480 g/mol. The highest BCUT2D eigenvalue weighted by Crippen LogP contribution is 2.37. The zero-order chi connectivity index (χ0) is 24.1. The molecule has 0 aliphatic rings. The number of imidazole rings is 1. The molecule has 0 radical (unpaired) electrons. The topological polar surface area (TPSA) is 36.3 Å². The Labute approximate surface area is 202 Å². The summed E-state index contributed by atoms with van der Waals surface area (Å²) in [6, 6.07) is 22.7. The maximum Gasteiger partial charge on any atom is 0.261 e. The van der Waals surface area contributed by atoms with Crippen molar-refractivity contribution < 1.29 is 9.16 Å². The summed E-state index contributed by atoms with van der Waals surface area (Å²) in [5.41, 5.74) is 2.10. The van der Waals surface area contributed by atoms with Crippen LogP contribution in [-0.4, -0.2) is 32.5 Å². The van der Waals surface area contributed by atoms with Crippen LogP contribution < -0.4 is 10.4 Å². The average molecular weight is 481 g/mol. The van der Waals surface area contributed by atoms with Crippen LogP contribution in [0, 0.1) is 6.92 Å². The highest BCUT2D eigenvalue weighted by atomic mass is 28.4. The van der Waals surface area contributed by atoms with Gasteiger partial charge in [0.15, 0.2) is 0 Å². The lowest BCUT2D eigenvalue weighted by molar-refractivity contribution is 0.0857. The minimum atomic E-state index is -2.57. The fourth-order valence-corrected chi connectivity index (χ4v) is 9.50. The molecule has 178 valence electrons. The van der Waals surface area contributed by atoms with Crippen molar-refractivity contribution in [2.24, 2.45) is 0 Å². The molecule has 0 spiro atoms. The Hall–Kier alpha value is -2.00. The Bertz CT molecular complexity index is 967. The van der Waals surface area contributed by atoms with E-state index < -0.39 is 16.4 Å². The fraction of sp³-hybridized carbons (Fsp3) is 0.444. The summed E-state index contributed by atoms with van der Waals surface area (Å²) in [7, 11) is -3.66. The lowest BCUT2D eigenvalue weighted by Gasteiger charge is -2.43. The van der Waals surface area contributed by atoms with E-state index in [1.54, 1.807) is 0 Å². The maximum atomic E-state index is 7.04. The third-order valence-corrected chi connectivity index (χ3v) is 13.0. The first kappa shape index (κ1) is 25.6. The predicted molar refractivity (Wildman–Crippen MR) is 143 cm³/mol. The van der Waals surface area contributed by atoms with Gasteiger partial charge in [0, 0.05) is 20.4 Å². The van der Waals surface area contributed by atoms with E-state index in [9.17, 15) is 0 Å². The van der Waals surface area contributed by atoms with E-state index in [1.807, 2.05) is 6.33 Å². The molecule has 3 rings (SSSR count). The SMILES string of the molecule is Cc1c(CO[Si](c2ccccc2)(c2ccccc2)C(C)(C)C)ncn1COCC[Si](C)(C)C. The van der Waals surface area contributed by atoms with Gasteiger partial charge in [0.25, 0.3) is 8.32 Å². The molecule has 0 saturated carbocycles. The molecule has 33 heavy (non-hydrogen) atoms. The smallest absolute Gasteiger partial charge is 0.261 e. The Morgan fingerprint density at radius 2 is 1.42 bits per heavy atom. The van der Waals surface area contributed by atoms with Crippen molar-refractivity contribution in [3.63, 3.8) is 0 Å². The molecule has 4 nitrogen and oxygen atoms in total. The summed E-state index contributed by atoms with van der Waals surface area (Å²) in [5, 5.41) is 2.53. The summed E-state index contributed by atoms with van der Waals surface area (Å²) in [4.78, 5) is 4.70. The van der Waals surface area contributed by atoms with Gasteiger partial charge in [0.05, 0.1) is 18.6 Å². The molecule has 0 N–H and O–H groups in total. The van der Waals surface area contributed by atoms with E-state index in [1.165, 1.54) is 16.4 Å². The number of hydrogen-bond donors (Lipinski definition) is 0. The lowest BCUT2D eigenvalue weighted by Crippen LogP contribution is -2.66. The van der Waals surface area contributed by atoms with Gasteiger partial charge in [-0.15, -0.1) is 0 Å². The van der Waals surface area contributed by atoms with Crippen LogP contribution in [0.5, 0.6) is 0 Å². The van der Waals surface area contributed by atoms with E-state index in [4.69, 9.17) is 14.1 Å². The molecule has 0 saturated heterocycles. The zero-order valence-electron chi connectivity index (χ0n) is 21.4. The highest BCUT2D eigenvalue weighted by Gasteiger charge is 2.50. The van der Waals surface area contributed by atoms with Crippen molar-refractivity contribution in [3.8, 4) is 0 Å². The number of ether oxygens (including phenoxy) is 1. The largest absolute Gasteiger partial charge is 0.401 e. The Balaban J connectivity index is 1.85. The van der Waals surface area contributed by atoms with Crippen LogP contribution in [0.4, 0.5) is 0 Å². The number of nitrogens with zero attached hydrogens (tertiary/aromatic N) is 2. The van der Waals surface area contributed by atoms with Gasteiger partial charge in [-0.2, -0.15) is 0 Å². The molecule has 6 heteroatoms. The number of hydrogen-bond acceptors (Lipinski definition) is 3. The number of aromatic nitrogens is 2. The summed E-state index contributed by atoms with van der Waals surface area (Å²) in [5.74, 6) is 0. The molecule has 0 unspecified atom stereocenters. The van der Waals surface area contributed by atoms with Gasteiger partial charge >= 0.3 is 0 Å². The quantitative estimate of drug-likeness (QED) is 0.281. The molecule has 2 aromatic carbocycles. The van der Waals surface area contributed by atoms with Crippen molar-refractivity contribution >= 4 is 26.8 Å². The second-order valence-electron chi connectivity index (χ2n) is 11.0. The average Bonchev–Trinajstić information content (AvgIpc) is 3.11. The van der Waals surface area contributed by atoms with Crippen molar-refractivity contribution in [2.45, 2.75) is 71.8 Å². The van der Waals surface area contributed by atoms with E-state index in [0.717, 1.165) is 18.0 Å². The summed E-state index contributed by atoms with van der Waals surface area (Å²) in [6.45, 7) is 18.0. The summed E-state index contributed by atoms with van der Waals surface area (Å²) < 4.78 is 15.1. The molecule has 0 bridgehead atoms. The van der Waals surface area contributed by atoms with Crippen molar-refractivity contribution in [2.75, 3.05) is 6.61 Å². The molecular formula is C27H40N2O2Si2. The van der Waals surface area contributed by atoms with E-state index in [2.05, 4.69) is 113 Å². The van der Waals surface area contributed by atoms with Crippen LogP contribution in [0.25, 0.3) is 0 Å². The molecule has 3 aromatic rings. The van der Waals surface area contributed by atoms with Gasteiger partial charge in [-0.05, 0) is 28.4 Å². The Morgan fingerprint density at radius 1 is 0.879 bits per heavy atom. The summed E-state index contributed by atoms with van der Waals surface area (Å²) in [6.07, 6.45) is 1.88. The Kier molecular flexibility index (Phi) is 8.16. The molecule has 1 heterocycles. The molecule has 0 aliphatic heterocycles. The van der Waals surface area contributed by atoms with E-state index in [-0.39, 0.29) is 5.04 Å². The van der Waals surface area contributed by atoms with Crippen molar-refractivity contribution in [1.29, 1.82) is 0 Å². The van der Waals surface area contributed by atoms with Crippen LogP contribution in [0.3, 0.4) is 0 Å². The predicted octanol–water partition coefficient (Wildman–Crippen LogP) is 5.58. The molecule has 1 aromatic heterocycles. The maximum absolute atomic E-state index is 7.04. The first-order valence-corrected chi connectivity index (χ1v) is 17.5.